The Labute approximate surface area is 210 Å². The van der Waals surface area contributed by atoms with Crippen LogP contribution in [0.4, 0.5) is 21.9 Å². The Morgan fingerprint density at radius 2 is 1.69 bits per heavy atom. The normalized spacial score (nSPS) is 20.2. The fourth-order valence-corrected chi connectivity index (χ4v) is 5.59. The SMILES string of the molecule is O=C1OCCN1c1ccc2c(C3CCN(C(O)Nc4ccc(N5CCCC5)cc4)CC3)ncnc2c1. The number of piperidine rings is 1. The molecule has 0 spiro atoms. The van der Waals surface area contributed by atoms with Crippen molar-refractivity contribution in [2.24, 2.45) is 0 Å². The second kappa shape index (κ2) is 9.91. The highest BCUT2D eigenvalue weighted by molar-refractivity contribution is 5.93. The molecule has 9 nitrogen and oxygen atoms in total. The minimum absolute atomic E-state index is 0.293. The maximum atomic E-state index is 11.9. The third-order valence-corrected chi connectivity index (χ3v) is 7.62. The van der Waals surface area contributed by atoms with Gasteiger partial charge in [-0.1, -0.05) is 0 Å². The second-order valence-electron chi connectivity index (χ2n) is 9.80. The number of nitrogens with one attached hydrogen (secondary N) is 1. The van der Waals surface area contributed by atoms with Gasteiger partial charge >= 0.3 is 6.09 Å². The van der Waals surface area contributed by atoms with Crippen molar-refractivity contribution < 1.29 is 14.6 Å². The summed E-state index contributed by atoms with van der Waals surface area (Å²) in [5.41, 5.74) is 4.84. The predicted molar refractivity (Wildman–Crippen MR) is 139 cm³/mol. The molecule has 2 N–H and O–H groups in total. The van der Waals surface area contributed by atoms with Crippen LogP contribution in [0, 0.1) is 0 Å². The maximum absolute atomic E-state index is 11.9. The standard InChI is InChI=1S/C27H32N6O3/c34-26(30-20-3-5-21(6-4-20)31-11-1-2-12-31)32-13-9-19(10-14-32)25-23-8-7-22(17-24(23)28-18-29-25)33-15-16-36-27(33)35/h3-8,17-19,26,30,34H,1-2,9-16H2. The summed E-state index contributed by atoms with van der Waals surface area (Å²) in [6, 6.07) is 14.2. The van der Waals surface area contributed by atoms with Crippen molar-refractivity contribution in [3.8, 4) is 0 Å². The molecule has 2 aromatic carbocycles. The van der Waals surface area contributed by atoms with E-state index in [0.29, 0.717) is 19.1 Å². The van der Waals surface area contributed by atoms with Crippen LogP contribution in [-0.2, 0) is 4.74 Å². The number of nitrogens with zero attached hydrogens (tertiary/aromatic N) is 5. The molecule has 188 valence electrons. The van der Waals surface area contributed by atoms with E-state index in [1.807, 2.05) is 30.3 Å². The molecule has 1 unspecified atom stereocenters. The summed E-state index contributed by atoms with van der Waals surface area (Å²) < 4.78 is 5.07. The Hall–Kier alpha value is -3.43. The van der Waals surface area contributed by atoms with Crippen LogP contribution in [0.5, 0.6) is 0 Å². The highest BCUT2D eigenvalue weighted by Crippen LogP contribution is 2.33. The maximum Gasteiger partial charge on any atom is 0.414 e. The van der Waals surface area contributed by atoms with Crippen LogP contribution >= 0.6 is 0 Å². The topological polar surface area (TPSA) is 94.1 Å². The molecule has 4 heterocycles. The Kier molecular flexibility index (Phi) is 6.33. The van der Waals surface area contributed by atoms with Crippen LogP contribution in [0.3, 0.4) is 0 Å². The number of rotatable bonds is 6. The monoisotopic (exact) mass is 488 g/mol. The largest absolute Gasteiger partial charge is 0.447 e. The summed E-state index contributed by atoms with van der Waals surface area (Å²) in [4.78, 5) is 27.1. The van der Waals surface area contributed by atoms with Gasteiger partial charge in [0.25, 0.3) is 0 Å². The van der Waals surface area contributed by atoms with Crippen LogP contribution in [0.1, 0.15) is 37.3 Å². The third kappa shape index (κ3) is 4.56. The number of hydrogen-bond donors (Lipinski definition) is 2. The van der Waals surface area contributed by atoms with Crippen LogP contribution in [0.25, 0.3) is 10.9 Å². The van der Waals surface area contributed by atoms with Crippen molar-refractivity contribution in [1.82, 2.24) is 14.9 Å². The number of likely N-dealkylation sites (tertiary alicyclic amines) is 1. The fraction of sp³-hybridized carbons (Fsp3) is 0.444. The van der Waals surface area contributed by atoms with Gasteiger partial charge in [-0.3, -0.25) is 9.80 Å². The number of carbonyl (C=O) groups is 1. The van der Waals surface area contributed by atoms with E-state index in [1.54, 1.807) is 11.2 Å². The molecule has 3 aliphatic heterocycles. The van der Waals surface area contributed by atoms with Gasteiger partial charge in [0.05, 0.1) is 17.8 Å². The Balaban J connectivity index is 1.08. The number of ether oxygens (including phenoxy) is 1. The van der Waals surface area contributed by atoms with Crippen LogP contribution < -0.4 is 15.1 Å². The van der Waals surface area contributed by atoms with E-state index in [2.05, 4.69) is 37.2 Å². The van der Waals surface area contributed by atoms with E-state index in [0.717, 1.165) is 67.0 Å². The summed E-state index contributed by atoms with van der Waals surface area (Å²) in [7, 11) is 0. The fourth-order valence-electron chi connectivity index (χ4n) is 5.59. The number of amides is 1. The summed E-state index contributed by atoms with van der Waals surface area (Å²) in [5.74, 6) is 0.293. The lowest BCUT2D eigenvalue weighted by molar-refractivity contribution is 0.00971. The summed E-state index contributed by atoms with van der Waals surface area (Å²) in [6.07, 6.45) is 4.89. The van der Waals surface area contributed by atoms with Crippen molar-refractivity contribution in [2.75, 3.05) is 54.4 Å². The smallest absolute Gasteiger partial charge is 0.414 e. The molecule has 0 saturated carbocycles. The first-order valence-corrected chi connectivity index (χ1v) is 12.9. The third-order valence-electron chi connectivity index (χ3n) is 7.62. The second-order valence-corrected chi connectivity index (χ2v) is 9.80. The van der Waals surface area contributed by atoms with Gasteiger partial charge < -0.3 is 20.1 Å². The van der Waals surface area contributed by atoms with Crippen molar-refractivity contribution in [3.05, 3.63) is 54.5 Å². The molecule has 1 aromatic heterocycles. The van der Waals surface area contributed by atoms with Gasteiger partial charge in [-0.2, -0.15) is 0 Å². The number of cyclic esters (lactones) is 1. The number of aliphatic hydroxyl groups is 1. The number of anilines is 3. The van der Waals surface area contributed by atoms with Crippen molar-refractivity contribution in [1.29, 1.82) is 0 Å². The summed E-state index contributed by atoms with van der Waals surface area (Å²) in [6.45, 7) is 4.76. The zero-order valence-corrected chi connectivity index (χ0v) is 20.3. The molecule has 0 radical (unpaired) electrons. The number of aromatic nitrogens is 2. The van der Waals surface area contributed by atoms with Gasteiger partial charge in [0, 0.05) is 54.5 Å². The molecule has 0 aliphatic carbocycles. The molecule has 1 amide bonds. The average Bonchev–Trinajstić information content (AvgIpc) is 3.61. The minimum atomic E-state index is -0.728. The van der Waals surface area contributed by atoms with Gasteiger partial charge in [0.2, 0.25) is 0 Å². The highest BCUT2D eigenvalue weighted by atomic mass is 16.6. The van der Waals surface area contributed by atoms with E-state index in [9.17, 15) is 9.90 Å². The lowest BCUT2D eigenvalue weighted by Crippen LogP contribution is -2.45. The van der Waals surface area contributed by atoms with Crippen LogP contribution in [-0.4, -0.2) is 71.8 Å². The van der Waals surface area contributed by atoms with Gasteiger partial charge in [-0.25, -0.2) is 14.8 Å². The van der Waals surface area contributed by atoms with Gasteiger partial charge in [-0.05, 0) is 68.1 Å². The molecular weight excluding hydrogens is 456 g/mol. The predicted octanol–water partition coefficient (Wildman–Crippen LogP) is 3.75. The number of carbonyl (C=O) groups excluding carboxylic acids is 1. The molecular formula is C27H32N6O3. The first-order valence-electron chi connectivity index (χ1n) is 12.9. The minimum Gasteiger partial charge on any atom is -0.447 e. The van der Waals surface area contributed by atoms with E-state index < -0.39 is 6.35 Å². The van der Waals surface area contributed by atoms with E-state index >= 15 is 0 Å². The quantitative estimate of drug-likeness (QED) is 0.507. The number of aliphatic hydroxyl groups excluding tert-OH is 1. The molecule has 9 heteroatoms. The first kappa shape index (κ1) is 23.0. The summed E-state index contributed by atoms with van der Waals surface area (Å²) in [5, 5.41) is 15.1. The molecule has 3 fully saturated rings. The average molecular weight is 489 g/mol. The van der Waals surface area contributed by atoms with Crippen LogP contribution in [0.2, 0.25) is 0 Å². The lowest BCUT2D eigenvalue weighted by Gasteiger charge is -2.35. The Bertz CT molecular complexity index is 1220. The zero-order chi connectivity index (χ0) is 24.5. The number of benzene rings is 2. The number of fused-ring (bicyclic) bond motifs is 1. The molecule has 36 heavy (non-hydrogen) atoms. The first-order chi connectivity index (χ1) is 17.7. The van der Waals surface area contributed by atoms with Gasteiger partial charge in [0.15, 0.2) is 6.35 Å². The van der Waals surface area contributed by atoms with Gasteiger partial charge in [0.1, 0.15) is 12.9 Å². The lowest BCUT2D eigenvalue weighted by atomic mass is 9.91. The van der Waals surface area contributed by atoms with Crippen molar-refractivity contribution in [3.63, 3.8) is 0 Å². The Morgan fingerprint density at radius 1 is 0.944 bits per heavy atom. The molecule has 0 bridgehead atoms. The molecule has 1 atom stereocenters. The van der Waals surface area contributed by atoms with Crippen LogP contribution in [0.15, 0.2) is 48.8 Å². The zero-order valence-electron chi connectivity index (χ0n) is 20.3. The number of hydrogen-bond acceptors (Lipinski definition) is 8. The Morgan fingerprint density at radius 3 is 2.42 bits per heavy atom. The van der Waals surface area contributed by atoms with Gasteiger partial charge in [-0.15, -0.1) is 0 Å². The van der Waals surface area contributed by atoms with Crippen molar-refractivity contribution in [2.45, 2.75) is 38.0 Å². The molecule has 3 aromatic rings. The van der Waals surface area contributed by atoms with E-state index in [4.69, 9.17) is 4.74 Å². The molecule has 3 saturated heterocycles. The van der Waals surface area contributed by atoms with Crippen molar-refractivity contribution >= 4 is 34.1 Å². The molecule has 6 rings (SSSR count). The van der Waals surface area contributed by atoms with E-state index in [1.165, 1.54) is 18.5 Å². The summed E-state index contributed by atoms with van der Waals surface area (Å²) >= 11 is 0. The molecule has 3 aliphatic rings. The van der Waals surface area contributed by atoms with E-state index in [-0.39, 0.29) is 6.09 Å². The highest BCUT2D eigenvalue weighted by Gasteiger charge is 2.28.